The Labute approximate surface area is 178 Å². The van der Waals surface area contributed by atoms with E-state index < -0.39 is 23.3 Å². The molecule has 1 amide bonds. The highest BCUT2D eigenvalue weighted by Gasteiger charge is 2.50. The molecule has 0 N–H and O–H groups in total. The molecular weight excluding hydrogens is 412 g/mol. The van der Waals surface area contributed by atoms with Crippen LogP contribution in [0.5, 0.6) is 0 Å². The fourth-order valence-corrected chi connectivity index (χ4v) is 4.65. The van der Waals surface area contributed by atoms with Crippen LogP contribution in [0.25, 0.3) is 11.1 Å². The lowest BCUT2D eigenvalue weighted by molar-refractivity contribution is -0.137. The third-order valence-electron chi connectivity index (χ3n) is 5.95. The first kappa shape index (κ1) is 21.6. The van der Waals surface area contributed by atoms with Gasteiger partial charge in [0.25, 0.3) is 0 Å². The molecule has 166 valence electrons. The van der Waals surface area contributed by atoms with Gasteiger partial charge in [-0.3, -0.25) is 0 Å². The summed E-state index contributed by atoms with van der Waals surface area (Å²) in [6.07, 6.45) is -0.903. The van der Waals surface area contributed by atoms with Gasteiger partial charge in [-0.2, -0.15) is 17.6 Å². The van der Waals surface area contributed by atoms with Gasteiger partial charge in [0, 0.05) is 29.8 Å². The molecule has 3 atom stereocenters. The van der Waals surface area contributed by atoms with Gasteiger partial charge in [0.1, 0.15) is 5.60 Å². The van der Waals surface area contributed by atoms with Crippen molar-refractivity contribution in [3.8, 4) is 11.1 Å². The second-order valence-corrected chi connectivity index (χ2v) is 9.21. The van der Waals surface area contributed by atoms with E-state index in [1.165, 1.54) is 18.3 Å². The molecule has 2 saturated heterocycles. The standard InChI is InChI=1S/C23H24F4N2O2/c1-22(2,3)31-21(30)29-16-8-9-19(29)17(11-16)14-10-18(20(24)28-12-14)13-4-6-15(7-5-13)23(25,26)27/h4-7,10,12,16-17,19H,8-9,11H2,1-3H3/t16-,17?,19+/m0/s1. The van der Waals surface area contributed by atoms with Gasteiger partial charge >= 0.3 is 12.3 Å². The average molecular weight is 436 g/mol. The molecule has 2 aliphatic rings. The average Bonchev–Trinajstić information content (AvgIpc) is 3.25. The van der Waals surface area contributed by atoms with E-state index in [1.54, 1.807) is 11.0 Å². The number of alkyl halides is 3. The van der Waals surface area contributed by atoms with E-state index in [1.807, 2.05) is 20.8 Å². The van der Waals surface area contributed by atoms with Crippen LogP contribution in [0.4, 0.5) is 22.4 Å². The second-order valence-electron chi connectivity index (χ2n) is 9.21. The Morgan fingerprint density at radius 3 is 2.42 bits per heavy atom. The van der Waals surface area contributed by atoms with Crippen molar-refractivity contribution in [2.24, 2.45) is 0 Å². The molecule has 2 aliphatic heterocycles. The maximum Gasteiger partial charge on any atom is 0.416 e. The molecule has 1 aromatic carbocycles. The summed E-state index contributed by atoms with van der Waals surface area (Å²) in [5.74, 6) is -0.761. The van der Waals surface area contributed by atoms with E-state index in [0.29, 0.717) is 5.56 Å². The molecule has 8 heteroatoms. The first-order chi connectivity index (χ1) is 14.4. The number of aromatic nitrogens is 1. The Hall–Kier alpha value is -2.64. The number of pyridine rings is 1. The Balaban J connectivity index is 1.60. The molecule has 0 saturated carbocycles. The van der Waals surface area contributed by atoms with Crippen LogP contribution in [-0.4, -0.2) is 33.7 Å². The predicted octanol–water partition coefficient (Wildman–Crippen LogP) is 6.16. The zero-order valence-electron chi connectivity index (χ0n) is 17.5. The zero-order valence-corrected chi connectivity index (χ0v) is 17.5. The quantitative estimate of drug-likeness (QED) is 0.418. The molecule has 31 heavy (non-hydrogen) atoms. The van der Waals surface area contributed by atoms with Gasteiger partial charge in [0.2, 0.25) is 5.95 Å². The number of carbonyl (C=O) groups excluding carboxylic acids is 1. The maximum absolute atomic E-state index is 14.4. The highest BCUT2D eigenvalue weighted by Crippen LogP contribution is 2.47. The molecular formula is C23H24F4N2O2. The molecule has 1 aromatic heterocycles. The van der Waals surface area contributed by atoms with Gasteiger partial charge < -0.3 is 9.64 Å². The van der Waals surface area contributed by atoms with Gasteiger partial charge in [0.05, 0.1) is 5.56 Å². The van der Waals surface area contributed by atoms with Crippen molar-refractivity contribution in [2.45, 2.75) is 69.8 Å². The number of hydrogen-bond donors (Lipinski definition) is 0. The van der Waals surface area contributed by atoms with Gasteiger partial charge in [0.15, 0.2) is 0 Å². The fourth-order valence-electron chi connectivity index (χ4n) is 4.65. The summed E-state index contributed by atoms with van der Waals surface area (Å²) in [5, 5.41) is 0. The Morgan fingerprint density at radius 1 is 1.13 bits per heavy atom. The SMILES string of the molecule is CC(C)(C)OC(=O)N1[C@H]2CC[C@@H]1C(c1cnc(F)c(-c3ccc(C(F)(F)F)cc3)c1)C2. The zero-order chi connectivity index (χ0) is 22.6. The molecule has 1 unspecified atom stereocenters. The number of carbonyl (C=O) groups is 1. The number of amides is 1. The Morgan fingerprint density at radius 2 is 1.81 bits per heavy atom. The number of hydrogen-bond acceptors (Lipinski definition) is 3. The third kappa shape index (κ3) is 4.25. The lowest BCUT2D eigenvalue weighted by atomic mass is 9.84. The van der Waals surface area contributed by atoms with Crippen LogP contribution in [0.3, 0.4) is 0 Å². The van der Waals surface area contributed by atoms with Crippen molar-refractivity contribution in [3.63, 3.8) is 0 Å². The molecule has 4 nitrogen and oxygen atoms in total. The Kier molecular flexibility index (Phi) is 5.22. The summed E-state index contributed by atoms with van der Waals surface area (Å²) < 4.78 is 58.5. The van der Waals surface area contributed by atoms with Gasteiger partial charge in [-0.05, 0) is 69.4 Å². The van der Waals surface area contributed by atoms with Crippen LogP contribution in [0, 0.1) is 5.95 Å². The second kappa shape index (κ2) is 7.50. The van der Waals surface area contributed by atoms with Crippen molar-refractivity contribution in [2.75, 3.05) is 0 Å². The number of benzene rings is 1. The molecule has 0 aliphatic carbocycles. The minimum absolute atomic E-state index is 0.0208. The van der Waals surface area contributed by atoms with Gasteiger partial charge in [-0.15, -0.1) is 0 Å². The van der Waals surface area contributed by atoms with Crippen LogP contribution in [0.15, 0.2) is 36.5 Å². The molecule has 2 bridgehead atoms. The number of halogens is 4. The van der Waals surface area contributed by atoms with E-state index >= 15 is 0 Å². The summed E-state index contributed by atoms with van der Waals surface area (Å²) in [7, 11) is 0. The summed E-state index contributed by atoms with van der Waals surface area (Å²) in [4.78, 5) is 18.3. The van der Waals surface area contributed by atoms with Crippen molar-refractivity contribution in [1.82, 2.24) is 9.88 Å². The first-order valence-corrected chi connectivity index (χ1v) is 10.3. The van der Waals surface area contributed by atoms with Crippen LogP contribution < -0.4 is 0 Å². The number of rotatable bonds is 2. The largest absolute Gasteiger partial charge is 0.444 e. The maximum atomic E-state index is 14.4. The minimum Gasteiger partial charge on any atom is -0.444 e. The highest BCUT2D eigenvalue weighted by atomic mass is 19.4. The van der Waals surface area contributed by atoms with Crippen LogP contribution in [0.1, 0.15) is 57.1 Å². The Bertz CT molecular complexity index is 983. The lowest BCUT2D eigenvalue weighted by Crippen LogP contribution is -2.40. The molecule has 3 heterocycles. The van der Waals surface area contributed by atoms with Crippen molar-refractivity contribution < 1.29 is 27.1 Å². The van der Waals surface area contributed by atoms with Crippen LogP contribution >= 0.6 is 0 Å². The summed E-state index contributed by atoms with van der Waals surface area (Å²) in [6.45, 7) is 5.46. The predicted molar refractivity (Wildman–Crippen MR) is 107 cm³/mol. The summed E-state index contributed by atoms with van der Waals surface area (Å²) in [6, 6.07) is 6.01. The number of ether oxygens (including phenoxy) is 1. The first-order valence-electron chi connectivity index (χ1n) is 10.3. The van der Waals surface area contributed by atoms with Crippen LogP contribution in [0.2, 0.25) is 0 Å². The van der Waals surface area contributed by atoms with E-state index in [4.69, 9.17) is 4.74 Å². The van der Waals surface area contributed by atoms with E-state index in [9.17, 15) is 22.4 Å². The molecule has 2 fully saturated rings. The summed E-state index contributed by atoms with van der Waals surface area (Å²) >= 11 is 0. The number of nitrogens with zero attached hydrogens (tertiary/aromatic N) is 2. The van der Waals surface area contributed by atoms with Crippen molar-refractivity contribution >= 4 is 6.09 Å². The monoisotopic (exact) mass is 436 g/mol. The third-order valence-corrected chi connectivity index (χ3v) is 5.95. The topological polar surface area (TPSA) is 42.4 Å². The molecule has 4 rings (SSSR count). The van der Waals surface area contributed by atoms with Crippen molar-refractivity contribution in [3.05, 3.63) is 53.6 Å². The minimum atomic E-state index is -4.45. The van der Waals surface area contributed by atoms with E-state index in [0.717, 1.165) is 37.0 Å². The van der Waals surface area contributed by atoms with Gasteiger partial charge in [-0.25, -0.2) is 9.78 Å². The van der Waals surface area contributed by atoms with Crippen LogP contribution in [-0.2, 0) is 10.9 Å². The van der Waals surface area contributed by atoms with E-state index in [-0.39, 0.29) is 29.7 Å². The number of fused-ring (bicyclic) bond motifs is 2. The summed E-state index contributed by atoms with van der Waals surface area (Å²) in [5.41, 5.74) is -0.134. The highest BCUT2D eigenvalue weighted by molar-refractivity contribution is 5.71. The van der Waals surface area contributed by atoms with E-state index in [2.05, 4.69) is 4.98 Å². The fraction of sp³-hybridized carbons (Fsp3) is 0.478. The van der Waals surface area contributed by atoms with Crippen molar-refractivity contribution in [1.29, 1.82) is 0 Å². The smallest absolute Gasteiger partial charge is 0.416 e. The normalized spacial score (nSPS) is 23.3. The molecule has 2 aromatic rings. The van der Waals surface area contributed by atoms with Gasteiger partial charge in [-0.1, -0.05) is 12.1 Å². The lowest BCUT2D eigenvalue weighted by Gasteiger charge is -2.28. The molecule has 0 radical (unpaired) electrons. The molecule has 0 spiro atoms.